The monoisotopic (exact) mass is 252 g/mol. The van der Waals surface area contributed by atoms with Crippen LogP contribution >= 0.6 is 0 Å². The Labute approximate surface area is 108 Å². The van der Waals surface area contributed by atoms with Crippen molar-refractivity contribution in [3.05, 3.63) is 23.8 Å². The van der Waals surface area contributed by atoms with Gasteiger partial charge in [0.1, 0.15) is 6.10 Å². The van der Waals surface area contributed by atoms with Gasteiger partial charge in [0.15, 0.2) is 11.5 Å². The van der Waals surface area contributed by atoms with Crippen molar-refractivity contribution in [3.8, 4) is 11.5 Å². The summed E-state index contributed by atoms with van der Waals surface area (Å²) in [5.74, 6) is 1.94. The molecule has 0 saturated heterocycles. The van der Waals surface area contributed by atoms with E-state index in [0.29, 0.717) is 19.3 Å². The van der Waals surface area contributed by atoms with Crippen molar-refractivity contribution < 1.29 is 19.2 Å². The number of ether oxygens (including phenoxy) is 2. The third kappa shape index (κ3) is 2.76. The number of fused-ring (bicyclic) bond motifs is 1. The molecule has 1 heterocycles. The number of rotatable bonds is 6. The molecule has 0 radical (unpaired) electrons. The maximum atomic E-state index is 5.49. The Bertz CT molecular complexity index is 391. The molecule has 1 aliphatic heterocycles. The van der Waals surface area contributed by atoms with E-state index in [4.69, 9.17) is 19.2 Å². The van der Waals surface area contributed by atoms with Gasteiger partial charge in [0.2, 0.25) is 6.79 Å². The summed E-state index contributed by atoms with van der Waals surface area (Å²) in [6.07, 6.45) is 0.941. The van der Waals surface area contributed by atoms with E-state index in [1.54, 1.807) is 0 Å². The van der Waals surface area contributed by atoms with Gasteiger partial charge in [-0.15, -0.1) is 0 Å². The van der Waals surface area contributed by atoms with E-state index in [9.17, 15) is 0 Å². The van der Waals surface area contributed by atoms with Crippen molar-refractivity contribution in [2.75, 3.05) is 13.4 Å². The van der Waals surface area contributed by atoms with Crippen molar-refractivity contribution in [2.24, 2.45) is 5.92 Å². The van der Waals surface area contributed by atoms with Gasteiger partial charge in [0.05, 0.1) is 6.61 Å². The second-order valence-electron chi connectivity index (χ2n) is 4.42. The fourth-order valence-corrected chi connectivity index (χ4v) is 1.92. The van der Waals surface area contributed by atoms with E-state index in [-0.39, 0.29) is 6.10 Å². The molecule has 1 aromatic carbocycles. The standard InChI is InChI=1S/C14H20O4/c1-4-10(3)14(18-17-5-2)11-6-7-12-13(8-11)16-9-15-12/h6-8,10,14H,4-5,9H2,1-3H3. The summed E-state index contributed by atoms with van der Waals surface area (Å²) in [5.41, 5.74) is 1.06. The Kier molecular flexibility index (Phi) is 4.44. The van der Waals surface area contributed by atoms with Crippen LogP contribution in [-0.4, -0.2) is 13.4 Å². The first-order chi connectivity index (χ1) is 8.76. The summed E-state index contributed by atoms with van der Waals surface area (Å²) in [6.45, 7) is 7.03. The Hall–Kier alpha value is -1.26. The van der Waals surface area contributed by atoms with Crippen molar-refractivity contribution in [2.45, 2.75) is 33.3 Å². The maximum Gasteiger partial charge on any atom is 0.231 e. The van der Waals surface area contributed by atoms with Gasteiger partial charge in [0, 0.05) is 0 Å². The van der Waals surface area contributed by atoms with E-state index < -0.39 is 0 Å². The summed E-state index contributed by atoms with van der Waals surface area (Å²) in [4.78, 5) is 10.6. The zero-order valence-electron chi connectivity index (χ0n) is 11.1. The van der Waals surface area contributed by atoms with Gasteiger partial charge in [0.25, 0.3) is 0 Å². The SMILES string of the molecule is CCOOC(c1ccc2c(c1)OCO2)C(C)CC. The molecule has 1 aromatic rings. The molecule has 4 nitrogen and oxygen atoms in total. The highest BCUT2D eigenvalue weighted by molar-refractivity contribution is 5.45. The molecule has 0 N–H and O–H groups in total. The van der Waals surface area contributed by atoms with Gasteiger partial charge in [-0.3, -0.25) is 0 Å². The minimum absolute atomic E-state index is 0.0792. The van der Waals surface area contributed by atoms with E-state index in [1.807, 2.05) is 25.1 Å². The smallest absolute Gasteiger partial charge is 0.231 e. The van der Waals surface area contributed by atoms with Crippen LogP contribution in [0.3, 0.4) is 0 Å². The molecule has 2 unspecified atom stereocenters. The molecule has 0 spiro atoms. The Morgan fingerprint density at radius 2 is 2.00 bits per heavy atom. The number of hydrogen-bond acceptors (Lipinski definition) is 4. The van der Waals surface area contributed by atoms with Crippen LogP contribution < -0.4 is 9.47 Å². The fourth-order valence-electron chi connectivity index (χ4n) is 1.92. The zero-order valence-corrected chi connectivity index (χ0v) is 11.1. The topological polar surface area (TPSA) is 36.9 Å². The quantitative estimate of drug-likeness (QED) is 0.574. The van der Waals surface area contributed by atoms with E-state index >= 15 is 0 Å². The lowest BCUT2D eigenvalue weighted by molar-refractivity contribution is -0.333. The van der Waals surface area contributed by atoms with Gasteiger partial charge in [-0.1, -0.05) is 26.3 Å². The number of benzene rings is 1. The highest BCUT2D eigenvalue weighted by Crippen LogP contribution is 2.37. The second-order valence-corrected chi connectivity index (χ2v) is 4.42. The summed E-state index contributed by atoms with van der Waals surface area (Å²) >= 11 is 0. The van der Waals surface area contributed by atoms with E-state index in [1.165, 1.54) is 0 Å². The molecule has 18 heavy (non-hydrogen) atoms. The zero-order chi connectivity index (χ0) is 13.0. The third-order valence-electron chi connectivity index (χ3n) is 3.18. The van der Waals surface area contributed by atoms with Crippen LogP contribution in [0.15, 0.2) is 18.2 Å². The van der Waals surface area contributed by atoms with Gasteiger partial charge < -0.3 is 9.47 Å². The van der Waals surface area contributed by atoms with Crippen LogP contribution in [0.2, 0.25) is 0 Å². The van der Waals surface area contributed by atoms with Gasteiger partial charge in [-0.05, 0) is 30.5 Å². The van der Waals surface area contributed by atoms with Crippen molar-refractivity contribution in [1.82, 2.24) is 0 Å². The molecule has 0 saturated carbocycles. The van der Waals surface area contributed by atoms with E-state index in [0.717, 1.165) is 23.5 Å². The fraction of sp³-hybridized carbons (Fsp3) is 0.571. The normalized spacial score (nSPS) is 16.6. The highest BCUT2D eigenvalue weighted by Gasteiger charge is 2.23. The molecule has 1 aliphatic rings. The predicted molar refractivity (Wildman–Crippen MR) is 67.5 cm³/mol. The largest absolute Gasteiger partial charge is 0.454 e. The van der Waals surface area contributed by atoms with E-state index in [2.05, 4.69) is 13.8 Å². The first-order valence-corrected chi connectivity index (χ1v) is 6.44. The van der Waals surface area contributed by atoms with Crippen LogP contribution in [0.4, 0.5) is 0 Å². The van der Waals surface area contributed by atoms with Crippen molar-refractivity contribution in [1.29, 1.82) is 0 Å². The van der Waals surface area contributed by atoms with Gasteiger partial charge in [-0.2, -0.15) is 0 Å². The Morgan fingerprint density at radius 3 is 2.72 bits per heavy atom. The van der Waals surface area contributed by atoms with Crippen molar-refractivity contribution >= 4 is 0 Å². The second kappa shape index (κ2) is 6.07. The summed E-state index contributed by atoms with van der Waals surface area (Å²) in [5, 5.41) is 0. The Balaban J connectivity index is 2.18. The molecule has 0 aliphatic carbocycles. The lowest BCUT2D eigenvalue weighted by atomic mass is 9.95. The lowest BCUT2D eigenvalue weighted by Gasteiger charge is -2.22. The maximum absolute atomic E-state index is 5.49. The minimum atomic E-state index is -0.0792. The molecule has 100 valence electrons. The van der Waals surface area contributed by atoms with Crippen LogP contribution in [0, 0.1) is 5.92 Å². The van der Waals surface area contributed by atoms with Crippen LogP contribution in [0.5, 0.6) is 11.5 Å². The van der Waals surface area contributed by atoms with Crippen molar-refractivity contribution in [3.63, 3.8) is 0 Å². The average Bonchev–Trinajstić information content (AvgIpc) is 2.86. The molecule has 2 rings (SSSR count). The highest BCUT2D eigenvalue weighted by atomic mass is 17.2. The first kappa shape index (κ1) is 13.2. The van der Waals surface area contributed by atoms with Crippen LogP contribution in [0.25, 0.3) is 0 Å². The Morgan fingerprint density at radius 1 is 1.22 bits per heavy atom. The van der Waals surface area contributed by atoms with Gasteiger partial charge in [-0.25, -0.2) is 9.78 Å². The molecule has 0 amide bonds. The first-order valence-electron chi connectivity index (χ1n) is 6.44. The molecule has 0 bridgehead atoms. The predicted octanol–water partition coefficient (Wildman–Crippen LogP) is 3.47. The molecule has 0 fully saturated rings. The third-order valence-corrected chi connectivity index (χ3v) is 3.18. The summed E-state index contributed by atoms with van der Waals surface area (Å²) in [6, 6.07) is 5.89. The van der Waals surface area contributed by atoms with Crippen LogP contribution in [0.1, 0.15) is 38.9 Å². The minimum Gasteiger partial charge on any atom is -0.454 e. The molecule has 2 atom stereocenters. The molecular weight excluding hydrogens is 232 g/mol. The summed E-state index contributed by atoms with van der Waals surface area (Å²) in [7, 11) is 0. The lowest BCUT2D eigenvalue weighted by Crippen LogP contribution is -2.13. The van der Waals surface area contributed by atoms with Crippen LogP contribution in [-0.2, 0) is 9.78 Å². The summed E-state index contributed by atoms with van der Waals surface area (Å²) < 4.78 is 10.7. The average molecular weight is 252 g/mol. The van der Waals surface area contributed by atoms with Gasteiger partial charge >= 0.3 is 0 Å². The molecular formula is C14H20O4. The number of hydrogen-bond donors (Lipinski definition) is 0. The molecule has 4 heteroatoms. The molecule has 0 aromatic heterocycles.